The number of benzene rings is 10. The third-order valence-electron chi connectivity index (χ3n) is 15.9. The first-order valence-electron chi connectivity index (χ1n) is 26.9. The van der Waals surface area contributed by atoms with Crippen LogP contribution in [0.1, 0.15) is 132 Å². The second-order valence-corrected chi connectivity index (χ2v) is 26.4. The van der Waals surface area contributed by atoms with E-state index in [0.29, 0.717) is 0 Å². The van der Waals surface area contributed by atoms with E-state index in [1.165, 1.54) is 110 Å². The molecule has 74 heavy (non-hydrogen) atoms. The van der Waals surface area contributed by atoms with Crippen LogP contribution in [0.2, 0.25) is 0 Å². The summed E-state index contributed by atoms with van der Waals surface area (Å²) < 4.78 is 2.48. The number of nitrogens with zero attached hydrogens (tertiary/aromatic N) is 2. The molecule has 0 atom stereocenters. The molecule has 372 valence electrons. The highest BCUT2D eigenvalue weighted by atomic mass is 15.1. The fourth-order valence-corrected chi connectivity index (χ4v) is 11.3. The van der Waals surface area contributed by atoms with Gasteiger partial charge < -0.3 is 9.47 Å². The summed E-state index contributed by atoms with van der Waals surface area (Å²) in [5, 5.41) is 10.1. The Labute approximate surface area is 441 Å². The minimum absolute atomic E-state index is 0.00148. The third kappa shape index (κ3) is 8.55. The minimum Gasteiger partial charge on any atom is -0.309 e. The Hall–Kier alpha value is -7.16. The zero-order valence-electron chi connectivity index (χ0n) is 46.6. The maximum atomic E-state index is 2.57. The van der Waals surface area contributed by atoms with Gasteiger partial charge in [-0.05, 0) is 142 Å². The van der Waals surface area contributed by atoms with Crippen LogP contribution >= 0.6 is 0 Å². The van der Waals surface area contributed by atoms with Crippen molar-refractivity contribution in [2.24, 2.45) is 0 Å². The van der Waals surface area contributed by atoms with Crippen molar-refractivity contribution in [3.8, 4) is 27.9 Å². The van der Waals surface area contributed by atoms with Crippen molar-refractivity contribution in [3.63, 3.8) is 0 Å². The number of aromatic nitrogens is 1. The molecule has 0 saturated heterocycles. The molecule has 0 saturated carbocycles. The Balaban J connectivity index is 1.23. The third-order valence-corrected chi connectivity index (χ3v) is 15.9. The summed E-state index contributed by atoms with van der Waals surface area (Å²) in [6, 6.07) is 68.0. The largest absolute Gasteiger partial charge is 0.309 e. The number of anilines is 3. The highest BCUT2D eigenvalue weighted by Gasteiger charge is 2.28. The normalized spacial score (nSPS) is 13.1. The average Bonchev–Trinajstić information content (AvgIpc) is 3.69. The van der Waals surface area contributed by atoms with Crippen LogP contribution in [0, 0.1) is 0 Å². The molecule has 2 heteroatoms. The van der Waals surface area contributed by atoms with Crippen LogP contribution in [-0.2, 0) is 27.1 Å². The lowest BCUT2D eigenvalue weighted by molar-refractivity contribution is 0.568. The molecule has 0 aliphatic carbocycles. The molecule has 0 amide bonds. The predicted octanol–water partition coefficient (Wildman–Crippen LogP) is 21.0. The SMILES string of the molecule is CC(C)(C)c1ccc(N(c2ccc(-c3cc(C(C)(C)C)cc(C(C)(C)C)c3)cc2-c2cc(C(C)(C)C)cc(C(C)(C)C)c2)c2ccc3ccc4c(-n5c6ccccc6c6ccccc65)ccc5ccc2c3c54)cc1. The quantitative estimate of drug-likeness (QED) is 0.151. The number of rotatable bonds is 6. The van der Waals surface area contributed by atoms with E-state index < -0.39 is 0 Å². The van der Waals surface area contributed by atoms with Crippen LogP contribution in [-0.4, -0.2) is 4.57 Å². The van der Waals surface area contributed by atoms with Crippen LogP contribution in [0.4, 0.5) is 17.1 Å². The summed E-state index contributed by atoms with van der Waals surface area (Å²) in [5.74, 6) is 0. The maximum absolute atomic E-state index is 2.57. The van der Waals surface area contributed by atoms with Crippen LogP contribution in [0.25, 0.3) is 82.1 Å². The van der Waals surface area contributed by atoms with Crippen LogP contribution in [0.5, 0.6) is 0 Å². The highest BCUT2D eigenvalue weighted by molar-refractivity contribution is 6.27. The summed E-state index contributed by atoms with van der Waals surface area (Å²) in [6.45, 7) is 35.0. The zero-order chi connectivity index (χ0) is 52.4. The molecule has 0 fully saturated rings. The Kier molecular flexibility index (Phi) is 11.4. The summed E-state index contributed by atoms with van der Waals surface area (Å²) in [5.41, 5.74) is 18.5. The maximum Gasteiger partial charge on any atom is 0.0541 e. The molecule has 1 aromatic heterocycles. The van der Waals surface area contributed by atoms with Gasteiger partial charge in [0, 0.05) is 32.8 Å². The second-order valence-electron chi connectivity index (χ2n) is 26.4. The van der Waals surface area contributed by atoms with Crippen molar-refractivity contribution in [3.05, 3.63) is 204 Å². The summed E-state index contributed by atoms with van der Waals surface area (Å²) in [7, 11) is 0. The standard InChI is InChI=1S/C72H74N2/c1-68(2,3)50-29-31-55(32-30-50)73(63-35-26-45-25-34-59-64(36-27-46-24-33-58(63)66(45)67(46)59)74-61-22-18-16-20-56(61)57-21-17-19-23-62(57)74)65-37-28-47(48-38-51(69(4,5)6)43-52(39-48)70(7,8)9)42-60(65)49-40-53(71(10,11)12)44-54(41-49)72(13,14)15/h16-44H,1-15H3. The molecule has 2 nitrogen and oxygen atoms in total. The van der Waals surface area contributed by atoms with Crippen molar-refractivity contribution in [1.82, 2.24) is 4.57 Å². The van der Waals surface area contributed by atoms with Gasteiger partial charge in [0.15, 0.2) is 0 Å². The molecule has 0 unspecified atom stereocenters. The predicted molar refractivity (Wildman–Crippen MR) is 324 cm³/mol. The van der Waals surface area contributed by atoms with E-state index in [4.69, 9.17) is 0 Å². The first-order chi connectivity index (χ1) is 34.8. The molecule has 1 heterocycles. The minimum atomic E-state index is -0.0664. The number of para-hydroxylation sites is 2. The van der Waals surface area contributed by atoms with Crippen molar-refractivity contribution in [2.75, 3.05) is 4.90 Å². The van der Waals surface area contributed by atoms with E-state index >= 15 is 0 Å². The molecule has 11 aromatic rings. The molecule has 0 aliphatic rings. The number of fused-ring (bicyclic) bond motifs is 3. The summed E-state index contributed by atoms with van der Waals surface area (Å²) in [6.07, 6.45) is 0. The fourth-order valence-electron chi connectivity index (χ4n) is 11.3. The molecule has 0 spiro atoms. The molecular formula is C72H74N2. The highest BCUT2D eigenvalue weighted by Crippen LogP contribution is 2.50. The van der Waals surface area contributed by atoms with Gasteiger partial charge in [-0.3, -0.25) is 0 Å². The van der Waals surface area contributed by atoms with Crippen LogP contribution < -0.4 is 4.90 Å². The first-order valence-corrected chi connectivity index (χ1v) is 26.9. The smallest absolute Gasteiger partial charge is 0.0541 e. The Morgan fingerprint density at radius 3 is 1.26 bits per heavy atom. The lowest BCUT2D eigenvalue weighted by Crippen LogP contribution is -2.17. The van der Waals surface area contributed by atoms with Crippen LogP contribution in [0.3, 0.4) is 0 Å². The molecular weight excluding hydrogens is 893 g/mol. The van der Waals surface area contributed by atoms with Gasteiger partial charge in [0.1, 0.15) is 0 Å². The fraction of sp³-hybridized carbons (Fsp3) is 0.278. The van der Waals surface area contributed by atoms with Gasteiger partial charge in [0.05, 0.1) is 28.1 Å². The van der Waals surface area contributed by atoms with Gasteiger partial charge in [0.2, 0.25) is 0 Å². The molecule has 11 rings (SSSR count). The van der Waals surface area contributed by atoms with Gasteiger partial charge >= 0.3 is 0 Å². The van der Waals surface area contributed by atoms with E-state index in [1.54, 1.807) is 0 Å². The number of hydrogen-bond acceptors (Lipinski definition) is 1. The van der Waals surface area contributed by atoms with Crippen molar-refractivity contribution >= 4 is 71.2 Å². The van der Waals surface area contributed by atoms with Gasteiger partial charge in [-0.1, -0.05) is 231 Å². The molecule has 10 aromatic carbocycles. The zero-order valence-corrected chi connectivity index (χ0v) is 46.6. The Morgan fingerprint density at radius 2 is 0.743 bits per heavy atom. The van der Waals surface area contributed by atoms with Gasteiger partial charge in [0.25, 0.3) is 0 Å². The van der Waals surface area contributed by atoms with Gasteiger partial charge in [-0.2, -0.15) is 0 Å². The van der Waals surface area contributed by atoms with E-state index in [-0.39, 0.29) is 27.1 Å². The topological polar surface area (TPSA) is 8.17 Å². The van der Waals surface area contributed by atoms with Crippen molar-refractivity contribution in [2.45, 2.75) is 131 Å². The summed E-state index contributed by atoms with van der Waals surface area (Å²) in [4.78, 5) is 2.57. The van der Waals surface area contributed by atoms with Crippen molar-refractivity contribution < 1.29 is 0 Å². The molecule has 0 N–H and O–H groups in total. The summed E-state index contributed by atoms with van der Waals surface area (Å²) >= 11 is 0. The number of hydrogen-bond donors (Lipinski definition) is 0. The van der Waals surface area contributed by atoms with E-state index in [0.717, 1.165) is 17.1 Å². The molecule has 0 aliphatic heterocycles. The second kappa shape index (κ2) is 17.2. The Bertz CT molecular complexity index is 3840. The molecule has 0 bridgehead atoms. The van der Waals surface area contributed by atoms with Gasteiger partial charge in [-0.25, -0.2) is 0 Å². The molecule has 0 radical (unpaired) electrons. The van der Waals surface area contributed by atoms with E-state index in [1.807, 2.05) is 0 Å². The Morgan fingerprint density at radius 1 is 0.311 bits per heavy atom. The lowest BCUT2D eigenvalue weighted by Gasteiger charge is -2.32. The van der Waals surface area contributed by atoms with Crippen LogP contribution in [0.15, 0.2) is 176 Å². The lowest BCUT2D eigenvalue weighted by atomic mass is 9.78. The first kappa shape index (κ1) is 49.1. The van der Waals surface area contributed by atoms with E-state index in [2.05, 4.69) is 289 Å². The van der Waals surface area contributed by atoms with E-state index in [9.17, 15) is 0 Å². The monoisotopic (exact) mass is 967 g/mol. The van der Waals surface area contributed by atoms with Gasteiger partial charge in [-0.15, -0.1) is 0 Å². The van der Waals surface area contributed by atoms with Crippen molar-refractivity contribution in [1.29, 1.82) is 0 Å². The average molecular weight is 967 g/mol.